The molecule has 0 saturated carbocycles. The molecule has 4 heteroatoms. The molecule has 0 aliphatic heterocycles. The average Bonchev–Trinajstić information content (AvgIpc) is 3.85. The van der Waals surface area contributed by atoms with Crippen molar-refractivity contribution in [1.82, 2.24) is 14.9 Å². The van der Waals surface area contributed by atoms with Crippen LogP contribution in [0.1, 0.15) is 79.7 Å². The van der Waals surface area contributed by atoms with E-state index in [0.717, 1.165) is 66.7 Å². The molecule has 276 valence electrons. The topological polar surface area (TPSA) is 53.7 Å². The molecule has 5 aliphatic carbocycles. The van der Waals surface area contributed by atoms with Crippen LogP contribution in [0.25, 0.3) is 45.1 Å². The lowest BCUT2D eigenvalue weighted by Gasteiger charge is -2.31. The van der Waals surface area contributed by atoms with Gasteiger partial charge in [-0.3, -0.25) is 5.41 Å². The van der Waals surface area contributed by atoms with E-state index in [1.807, 2.05) is 38.3 Å². The highest BCUT2D eigenvalue weighted by molar-refractivity contribution is 6.05. The van der Waals surface area contributed by atoms with Crippen molar-refractivity contribution in [2.45, 2.75) is 57.8 Å². The van der Waals surface area contributed by atoms with E-state index < -0.39 is 0 Å². The van der Waals surface area contributed by atoms with E-state index in [2.05, 4.69) is 133 Å². The largest absolute Gasteiger partial charge is 0.386 e. The first-order valence-electron chi connectivity index (χ1n) is 20.1. The molecule has 0 unspecified atom stereocenters. The fourth-order valence-corrected chi connectivity index (χ4v) is 9.58. The Labute approximate surface area is 331 Å². The first kappa shape index (κ1) is 35.4. The summed E-state index contributed by atoms with van der Waals surface area (Å²) in [6.45, 7) is 7.92. The minimum atomic E-state index is -0.272. The van der Waals surface area contributed by atoms with Crippen LogP contribution in [0.4, 0.5) is 0 Å². The number of benzene rings is 2. The van der Waals surface area contributed by atoms with Crippen LogP contribution < -0.4 is 5.32 Å². The van der Waals surface area contributed by atoms with Gasteiger partial charge >= 0.3 is 0 Å². The zero-order chi connectivity index (χ0) is 38.4. The van der Waals surface area contributed by atoms with E-state index >= 15 is 0 Å². The van der Waals surface area contributed by atoms with Gasteiger partial charge in [0.15, 0.2) is 0 Å². The summed E-state index contributed by atoms with van der Waals surface area (Å²) in [5.41, 5.74) is 19.6. The molecule has 2 heterocycles. The maximum atomic E-state index is 8.55. The van der Waals surface area contributed by atoms with Gasteiger partial charge in [-0.15, -0.1) is 0 Å². The van der Waals surface area contributed by atoms with Crippen LogP contribution >= 0.6 is 0 Å². The molecular weight excluding hydrogens is 681 g/mol. The Hall–Kier alpha value is -6.26. The van der Waals surface area contributed by atoms with Crippen LogP contribution in [-0.4, -0.2) is 22.3 Å². The van der Waals surface area contributed by atoms with Crippen LogP contribution in [-0.2, 0) is 11.8 Å². The SMILES string of the molecule is C=CC(=N)c1cc(-c2ccc(-n3c4c(c5cc6c(cc53)C(/C=C\C=C/C)=CC63C5=C(CCC=C5)C5=C3C=CCC5)C=CCC4)cc2)cc(/C(=C/C=C\C)NC)n1. The number of aromatic nitrogens is 2. The summed E-state index contributed by atoms with van der Waals surface area (Å²) in [7, 11) is 1.90. The fraction of sp³-hybridized carbons (Fsp3) is 0.192. The number of hydrogen-bond donors (Lipinski definition) is 2. The molecule has 0 atom stereocenters. The second-order valence-electron chi connectivity index (χ2n) is 15.2. The number of nitrogens with zero attached hydrogens (tertiary/aromatic N) is 2. The maximum Gasteiger partial charge on any atom is 0.0893 e. The van der Waals surface area contributed by atoms with Gasteiger partial charge in [0.1, 0.15) is 0 Å². The van der Waals surface area contributed by atoms with Gasteiger partial charge in [0.05, 0.1) is 33.7 Å². The van der Waals surface area contributed by atoms with E-state index in [9.17, 15) is 0 Å². The van der Waals surface area contributed by atoms with Crippen LogP contribution in [0, 0.1) is 5.41 Å². The zero-order valence-electron chi connectivity index (χ0n) is 32.6. The summed E-state index contributed by atoms with van der Waals surface area (Å²) in [6.07, 6.45) is 39.8. The summed E-state index contributed by atoms with van der Waals surface area (Å²) >= 11 is 0. The van der Waals surface area contributed by atoms with Gasteiger partial charge in [0, 0.05) is 29.4 Å². The van der Waals surface area contributed by atoms with Crippen LogP contribution in [0.3, 0.4) is 0 Å². The van der Waals surface area contributed by atoms with Gasteiger partial charge in [0.2, 0.25) is 0 Å². The van der Waals surface area contributed by atoms with E-state index in [1.54, 1.807) is 17.2 Å². The monoisotopic (exact) mass is 728 g/mol. The summed E-state index contributed by atoms with van der Waals surface area (Å²) in [6, 6.07) is 18.1. The standard InChI is InChI=1S/C52H48N4/c1-5-8-10-17-35-33-52(43-21-14-11-18-38(43)39-19-12-15-22-44(39)52)45-31-42-40-20-13-16-24-50(40)56(51(42)32-41(35)45)37-27-25-34(26-28-37)36-29-48(46(53)7-3)55-49(30-36)47(54-4)23-9-6-2/h5-10,13-15,17,20-23,25-33,53-54H,3,11-12,16,18-19,24H2,1-2,4H3/b8-5-,9-6-,17-10-,47-23-,53-46?. The molecule has 5 aliphatic rings. The van der Waals surface area contributed by atoms with Gasteiger partial charge < -0.3 is 9.88 Å². The third kappa shape index (κ3) is 5.58. The zero-order valence-corrected chi connectivity index (χ0v) is 32.6. The van der Waals surface area contributed by atoms with Crippen molar-refractivity contribution in [2.75, 3.05) is 7.05 Å². The summed E-state index contributed by atoms with van der Waals surface area (Å²) in [4.78, 5) is 4.83. The second kappa shape index (κ2) is 14.4. The van der Waals surface area contributed by atoms with E-state index in [0.29, 0.717) is 11.4 Å². The highest BCUT2D eigenvalue weighted by Crippen LogP contribution is 2.61. The molecule has 0 amide bonds. The Balaban J connectivity index is 1.22. The summed E-state index contributed by atoms with van der Waals surface area (Å²) in [5.74, 6) is 0. The van der Waals surface area contributed by atoms with Crippen LogP contribution in [0.15, 0.2) is 162 Å². The Morgan fingerprint density at radius 3 is 2.21 bits per heavy atom. The first-order chi connectivity index (χ1) is 27.5. The molecule has 4 aromatic rings. The number of hydrogen-bond acceptors (Lipinski definition) is 3. The molecule has 4 nitrogen and oxygen atoms in total. The Morgan fingerprint density at radius 1 is 0.821 bits per heavy atom. The molecule has 2 aromatic carbocycles. The van der Waals surface area contributed by atoms with Gasteiger partial charge in [-0.05, 0) is 151 Å². The quantitative estimate of drug-likeness (QED) is 0.133. The lowest BCUT2D eigenvalue weighted by Crippen LogP contribution is -2.25. The molecule has 1 spiro atoms. The van der Waals surface area contributed by atoms with Gasteiger partial charge in [-0.25, -0.2) is 4.98 Å². The minimum absolute atomic E-state index is 0.272. The average molecular weight is 729 g/mol. The van der Waals surface area contributed by atoms with E-state index in [1.165, 1.54) is 50.0 Å². The summed E-state index contributed by atoms with van der Waals surface area (Å²) in [5, 5.41) is 13.2. The van der Waals surface area contributed by atoms with Crippen molar-refractivity contribution in [1.29, 1.82) is 5.41 Å². The fourth-order valence-electron chi connectivity index (χ4n) is 9.58. The third-order valence-corrected chi connectivity index (χ3v) is 12.1. The van der Waals surface area contributed by atoms with E-state index in [-0.39, 0.29) is 5.41 Å². The predicted molar refractivity (Wildman–Crippen MR) is 237 cm³/mol. The van der Waals surface area contributed by atoms with Crippen molar-refractivity contribution in [3.05, 3.63) is 196 Å². The Morgan fingerprint density at radius 2 is 1.52 bits per heavy atom. The van der Waals surface area contributed by atoms with Crippen molar-refractivity contribution < 1.29 is 0 Å². The van der Waals surface area contributed by atoms with Gasteiger partial charge in [0.25, 0.3) is 0 Å². The van der Waals surface area contributed by atoms with Gasteiger partial charge in [-0.1, -0.05) is 97.7 Å². The predicted octanol–water partition coefficient (Wildman–Crippen LogP) is 12.4. The molecular formula is C52H48N4. The van der Waals surface area contributed by atoms with Crippen molar-refractivity contribution in [3.8, 4) is 16.8 Å². The Kier molecular flexibility index (Phi) is 9.13. The van der Waals surface area contributed by atoms with E-state index in [4.69, 9.17) is 10.4 Å². The normalized spacial score (nSPS) is 18.1. The second-order valence-corrected chi connectivity index (χ2v) is 15.2. The lowest BCUT2D eigenvalue weighted by molar-refractivity contribution is 0.787. The number of rotatable bonds is 9. The highest BCUT2D eigenvalue weighted by atomic mass is 15.0. The Bertz CT molecular complexity index is 2610. The number of fused-ring (bicyclic) bond motifs is 8. The van der Waals surface area contributed by atoms with Crippen molar-refractivity contribution >= 4 is 34.0 Å². The third-order valence-electron chi connectivity index (χ3n) is 12.1. The minimum Gasteiger partial charge on any atom is -0.386 e. The molecule has 0 bridgehead atoms. The van der Waals surface area contributed by atoms with Crippen LogP contribution in [0.5, 0.6) is 0 Å². The lowest BCUT2D eigenvalue weighted by atomic mass is 9.70. The van der Waals surface area contributed by atoms with Gasteiger partial charge in [-0.2, -0.15) is 0 Å². The number of nitrogens with one attached hydrogen (secondary N) is 2. The molecule has 0 saturated heterocycles. The van der Waals surface area contributed by atoms with Crippen LogP contribution in [0.2, 0.25) is 0 Å². The number of pyridine rings is 1. The molecule has 0 fully saturated rings. The summed E-state index contributed by atoms with van der Waals surface area (Å²) < 4.78 is 2.51. The molecule has 9 rings (SSSR count). The van der Waals surface area contributed by atoms with Crippen molar-refractivity contribution in [2.24, 2.45) is 0 Å². The molecule has 2 N–H and O–H groups in total. The molecule has 0 radical (unpaired) electrons. The molecule has 2 aromatic heterocycles. The highest BCUT2D eigenvalue weighted by Gasteiger charge is 2.49. The maximum absolute atomic E-state index is 8.55. The number of allylic oxidation sites excluding steroid dienone is 19. The smallest absolute Gasteiger partial charge is 0.0893 e. The molecule has 56 heavy (non-hydrogen) atoms. The first-order valence-corrected chi connectivity index (χ1v) is 20.1. The van der Waals surface area contributed by atoms with Crippen molar-refractivity contribution in [3.63, 3.8) is 0 Å².